The molecule has 0 bridgehead atoms. The Bertz CT molecular complexity index is 907. The van der Waals surface area contributed by atoms with Gasteiger partial charge in [-0.3, -0.25) is 0 Å². The summed E-state index contributed by atoms with van der Waals surface area (Å²) >= 11 is 0. The van der Waals surface area contributed by atoms with Crippen LogP contribution >= 0.6 is 0 Å². The van der Waals surface area contributed by atoms with E-state index in [4.69, 9.17) is 10.7 Å². The number of H-pyrrole nitrogens is 1. The zero-order valence-electron chi connectivity index (χ0n) is 10.8. The van der Waals surface area contributed by atoms with E-state index in [2.05, 4.69) is 17.1 Å². The largest absolute Gasteiger partial charge is 0.397 e. The minimum absolute atomic E-state index is 0.730. The van der Waals surface area contributed by atoms with Crippen LogP contribution in [0.25, 0.3) is 33.2 Å². The average Bonchev–Trinajstić information content (AvgIpc) is 2.94. The molecule has 4 aromatic rings. The molecule has 0 unspecified atom stereocenters. The minimum Gasteiger partial charge on any atom is -0.397 e. The third-order valence-corrected chi connectivity index (χ3v) is 3.57. The number of nitrogens with zero attached hydrogens (tertiary/aromatic N) is 1. The first-order valence-electron chi connectivity index (χ1n) is 6.55. The molecule has 0 amide bonds. The summed E-state index contributed by atoms with van der Waals surface area (Å²) in [4.78, 5) is 8.07. The zero-order chi connectivity index (χ0) is 13.5. The number of aromatic nitrogens is 2. The molecule has 4 rings (SSSR count). The number of aromatic amines is 1. The molecule has 3 heteroatoms. The van der Waals surface area contributed by atoms with E-state index in [0.29, 0.717) is 0 Å². The predicted molar refractivity (Wildman–Crippen MR) is 83.4 cm³/mol. The average molecular weight is 259 g/mol. The Kier molecular flexibility index (Phi) is 2.27. The maximum absolute atomic E-state index is 6.14. The van der Waals surface area contributed by atoms with Gasteiger partial charge in [-0.2, -0.15) is 0 Å². The fourth-order valence-corrected chi connectivity index (χ4v) is 2.59. The van der Waals surface area contributed by atoms with E-state index in [1.54, 1.807) is 0 Å². The third kappa shape index (κ3) is 1.57. The SMILES string of the molecule is Nc1cc2ccccc2c2nc(-c3ccccc3)[nH]c12. The van der Waals surface area contributed by atoms with Crippen LogP contribution in [0.2, 0.25) is 0 Å². The van der Waals surface area contributed by atoms with E-state index in [9.17, 15) is 0 Å². The number of benzene rings is 3. The highest BCUT2D eigenvalue weighted by atomic mass is 14.9. The van der Waals surface area contributed by atoms with E-state index in [0.717, 1.165) is 38.9 Å². The summed E-state index contributed by atoms with van der Waals surface area (Å²) in [5.74, 6) is 0.851. The number of nitrogen functional groups attached to an aromatic ring is 1. The van der Waals surface area contributed by atoms with Crippen molar-refractivity contribution in [3.63, 3.8) is 0 Å². The van der Waals surface area contributed by atoms with Crippen molar-refractivity contribution >= 4 is 27.5 Å². The summed E-state index contributed by atoms with van der Waals surface area (Å²) in [6, 6.07) is 20.2. The molecule has 1 aromatic heterocycles. The van der Waals surface area contributed by atoms with E-state index in [1.165, 1.54) is 0 Å². The number of hydrogen-bond acceptors (Lipinski definition) is 2. The van der Waals surface area contributed by atoms with Gasteiger partial charge in [-0.15, -0.1) is 0 Å². The molecule has 0 saturated carbocycles. The molecule has 0 aliphatic carbocycles. The van der Waals surface area contributed by atoms with Crippen LogP contribution in [0.5, 0.6) is 0 Å². The van der Waals surface area contributed by atoms with Gasteiger partial charge in [0, 0.05) is 10.9 Å². The molecular weight excluding hydrogens is 246 g/mol. The van der Waals surface area contributed by atoms with Crippen molar-refractivity contribution in [3.8, 4) is 11.4 Å². The Balaban J connectivity index is 2.08. The summed E-state index contributed by atoms with van der Waals surface area (Å²) < 4.78 is 0. The molecule has 0 atom stereocenters. The fourth-order valence-electron chi connectivity index (χ4n) is 2.59. The molecule has 96 valence electrons. The fraction of sp³-hybridized carbons (Fsp3) is 0. The summed E-state index contributed by atoms with van der Waals surface area (Å²) in [7, 11) is 0. The van der Waals surface area contributed by atoms with Gasteiger partial charge in [0.25, 0.3) is 0 Å². The minimum atomic E-state index is 0.730. The quantitative estimate of drug-likeness (QED) is 0.508. The lowest BCUT2D eigenvalue weighted by Crippen LogP contribution is -1.87. The summed E-state index contributed by atoms with van der Waals surface area (Å²) in [5, 5.41) is 2.23. The number of nitrogens with one attached hydrogen (secondary N) is 1. The topological polar surface area (TPSA) is 54.7 Å². The summed E-state index contributed by atoms with van der Waals surface area (Å²) in [6.45, 7) is 0. The third-order valence-electron chi connectivity index (χ3n) is 3.57. The van der Waals surface area contributed by atoms with Crippen molar-refractivity contribution in [2.24, 2.45) is 0 Å². The van der Waals surface area contributed by atoms with Crippen LogP contribution in [0, 0.1) is 0 Å². The van der Waals surface area contributed by atoms with Crippen molar-refractivity contribution < 1.29 is 0 Å². The summed E-state index contributed by atoms with van der Waals surface area (Å²) in [6.07, 6.45) is 0. The molecule has 3 nitrogen and oxygen atoms in total. The molecule has 0 fully saturated rings. The lowest BCUT2D eigenvalue weighted by atomic mass is 10.1. The van der Waals surface area contributed by atoms with Crippen LogP contribution in [0.4, 0.5) is 5.69 Å². The highest BCUT2D eigenvalue weighted by Crippen LogP contribution is 2.30. The Hall–Kier alpha value is -2.81. The van der Waals surface area contributed by atoms with Gasteiger partial charge in [-0.1, -0.05) is 54.6 Å². The molecule has 0 aliphatic heterocycles. The van der Waals surface area contributed by atoms with Gasteiger partial charge in [0.1, 0.15) is 5.82 Å². The van der Waals surface area contributed by atoms with Crippen LogP contribution in [0.15, 0.2) is 60.7 Å². The van der Waals surface area contributed by atoms with Crippen LogP contribution in [-0.2, 0) is 0 Å². The first kappa shape index (κ1) is 11.1. The molecule has 0 radical (unpaired) electrons. The number of anilines is 1. The zero-order valence-corrected chi connectivity index (χ0v) is 10.8. The molecular formula is C17H13N3. The van der Waals surface area contributed by atoms with E-state index >= 15 is 0 Å². The van der Waals surface area contributed by atoms with E-state index in [-0.39, 0.29) is 0 Å². The second-order valence-corrected chi connectivity index (χ2v) is 4.86. The van der Waals surface area contributed by atoms with Crippen LogP contribution in [0.1, 0.15) is 0 Å². The van der Waals surface area contributed by atoms with Gasteiger partial charge < -0.3 is 10.7 Å². The first-order valence-corrected chi connectivity index (χ1v) is 6.55. The molecule has 0 saturated heterocycles. The molecule has 3 N–H and O–H groups in total. The molecule has 1 heterocycles. The van der Waals surface area contributed by atoms with Crippen LogP contribution in [-0.4, -0.2) is 9.97 Å². The maximum atomic E-state index is 6.14. The number of hydrogen-bond donors (Lipinski definition) is 2. The van der Waals surface area contributed by atoms with E-state index < -0.39 is 0 Å². The van der Waals surface area contributed by atoms with Crippen molar-refractivity contribution in [1.29, 1.82) is 0 Å². The van der Waals surface area contributed by atoms with Gasteiger partial charge in [-0.25, -0.2) is 4.98 Å². The highest BCUT2D eigenvalue weighted by molar-refractivity contribution is 6.09. The van der Waals surface area contributed by atoms with Crippen molar-refractivity contribution in [3.05, 3.63) is 60.7 Å². The van der Waals surface area contributed by atoms with Crippen molar-refractivity contribution in [1.82, 2.24) is 9.97 Å². The van der Waals surface area contributed by atoms with Gasteiger partial charge in [0.05, 0.1) is 16.7 Å². The Morgan fingerprint density at radius 3 is 2.50 bits per heavy atom. The predicted octanol–water partition coefficient (Wildman–Crippen LogP) is 3.97. The van der Waals surface area contributed by atoms with Gasteiger partial charge in [0.2, 0.25) is 0 Å². The van der Waals surface area contributed by atoms with Gasteiger partial charge in [0.15, 0.2) is 0 Å². The lowest BCUT2D eigenvalue weighted by molar-refractivity contribution is 1.34. The molecule has 0 spiro atoms. The standard InChI is InChI=1S/C17H13N3/c18-14-10-12-8-4-5-9-13(12)15-16(14)20-17(19-15)11-6-2-1-3-7-11/h1-10H,18H2,(H,19,20). The number of fused-ring (bicyclic) bond motifs is 3. The van der Waals surface area contributed by atoms with E-state index in [1.807, 2.05) is 48.5 Å². The Labute approximate surface area is 116 Å². The second-order valence-electron chi connectivity index (χ2n) is 4.86. The lowest BCUT2D eigenvalue weighted by Gasteiger charge is -2.00. The van der Waals surface area contributed by atoms with Crippen LogP contribution in [0.3, 0.4) is 0 Å². The van der Waals surface area contributed by atoms with Crippen LogP contribution < -0.4 is 5.73 Å². The molecule has 20 heavy (non-hydrogen) atoms. The van der Waals surface area contributed by atoms with Crippen molar-refractivity contribution in [2.45, 2.75) is 0 Å². The highest BCUT2D eigenvalue weighted by Gasteiger charge is 2.10. The van der Waals surface area contributed by atoms with Gasteiger partial charge >= 0.3 is 0 Å². The monoisotopic (exact) mass is 259 g/mol. The number of rotatable bonds is 1. The normalized spacial score (nSPS) is 11.2. The maximum Gasteiger partial charge on any atom is 0.138 e. The Morgan fingerprint density at radius 1 is 0.900 bits per heavy atom. The van der Waals surface area contributed by atoms with Gasteiger partial charge in [-0.05, 0) is 11.5 Å². The summed E-state index contributed by atoms with van der Waals surface area (Å²) in [5.41, 5.74) is 9.77. The second kappa shape index (κ2) is 4.10. The van der Waals surface area contributed by atoms with Crippen molar-refractivity contribution in [2.75, 3.05) is 5.73 Å². The number of imidazole rings is 1. The number of nitrogens with two attached hydrogens (primary N) is 1. The first-order chi connectivity index (χ1) is 9.83. The smallest absolute Gasteiger partial charge is 0.138 e. The molecule has 3 aromatic carbocycles. The Morgan fingerprint density at radius 2 is 1.65 bits per heavy atom. The molecule has 0 aliphatic rings.